The number of aromatic nitrogens is 4. The number of hydrogen-bond donors (Lipinski definition) is 3. The van der Waals surface area contributed by atoms with Crippen molar-refractivity contribution in [1.82, 2.24) is 29.8 Å². The topological polar surface area (TPSA) is 129 Å². The van der Waals surface area contributed by atoms with Crippen LogP contribution in [0.15, 0.2) is 48.9 Å². The fourth-order valence-electron chi connectivity index (χ4n) is 4.42. The molecule has 0 aliphatic carbocycles. The van der Waals surface area contributed by atoms with Gasteiger partial charge in [-0.15, -0.1) is 0 Å². The van der Waals surface area contributed by atoms with Crippen LogP contribution in [0.3, 0.4) is 0 Å². The van der Waals surface area contributed by atoms with E-state index in [1.54, 1.807) is 24.0 Å². The van der Waals surface area contributed by atoms with Gasteiger partial charge in [0, 0.05) is 51.1 Å². The van der Waals surface area contributed by atoms with E-state index in [1.807, 2.05) is 42.8 Å². The summed E-state index contributed by atoms with van der Waals surface area (Å²) in [7, 11) is 5.74. The van der Waals surface area contributed by atoms with Crippen LogP contribution in [0.2, 0.25) is 5.02 Å². The van der Waals surface area contributed by atoms with Crippen LogP contribution in [0.4, 0.5) is 27.4 Å². The number of likely N-dealkylation sites (N-methyl/N-ethyl adjacent to an activating group) is 1. The van der Waals surface area contributed by atoms with Crippen molar-refractivity contribution in [1.29, 1.82) is 0 Å². The van der Waals surface area contributed by atoms with Gasteiger partial charge in [0.1, 0.15) is 12.0 Å². The number of amides is 1. The number of rotatable bonds is 9. The maximum atomic E-state index is 11.7. The number of carbonyl (C=O) groups is 2. The van der Waals surface area contributed by atoms with Crippen molar-refractivity contribution in [3.8, 4) is 17.0 Å². The Labute approximate surface area is 258 Å². The molecular weight excluding hydrogens is 600 g/mol. The molecule has 1 aromatic carbocycles. The molecule has 12 nitrogen and oxygen atoms in total. The monoisotopic (exact) mass is 631 g/mol. The molecule has 1 aliphatic heterocycles. The molecule has 5 rings (SSSR count). The highest BCUT2D eigenvalue weighted by molar-refractivity contribution is 6.33. The van der Waals surface area contributed by atoms with Crippen LogP contribution in [-0.2, 0) is 9.59 Å². The Morgan fingerprint density at radius 1 is 1.19 bits per heavy atom. The Hall–Kier alpha value is -4.20. The van der Waals surface area contributed by atoms with Gasteiger partial charge in [-0.2, -0.15) is 5.10 Å². The Bertz CT molecular complexity index is 1560. The second-order valence-corrected chi connectivity index (χ2v) is 10.2. The summed E-state index contributed by atoms with van der Waals surface area (Å²) in [5.41, 5.74) is 3.18. The molecule has 43 heavy (non-hydrogen) atoms. The quantitative estimate of drug-likeness (QED) is 0.185. The molecular formula is C28H32Cl2FN9O3. The molecule has 1 unspecified atom stereocenters. The molecule has 3 N–H and O–H groups in total. The van der Waals surface area contributed by atoms with Gasteiger partial charge < -0.3 is 35.3 Å². The smallest absolute Gasteiger partial charge is 0.270 e. The summed E-state index contributed by atoms with van der Waals surface area (Å²) < 4.78 is 19.2. The first kappa shape index (κ1) is 31.7. The molecule has 0 radical (unpaired) electrons. The third kappa shape index (κ3) is 7.80. The molecule has 4 heterocycles. The standard InChI is InChI=1S/C24H27ClN8O.C4H5ClFNO2/c1-26-18-12-19(22(34-3)13-21(18)32-10-8-31(2)9-11-32)29-24-27-15-17(25)23(30-24)16-14-28-33-7-5-4-6-20(16)33;5-3(6)4(9)7-1-2-8/h4-7,12-15,26H,8-11H2,1-3H3,(H,27,29,30);2-3H,1H2,(H,7,9). The van der Waals surface area contributed by atoms with Crippen molar-refractivity contribution < 1.29 is 18.7 Å². The largest absolute Gasteiger partial charge is 0.494 e. The Kier molecular flexibility index (Phi) is 10.9. The van der Waals surface area contributed by atoms with E-state index >= 15 is 0 Å². The zero-order chi connectivity index (χ0) is 30.9. The number of pyridine rings is 1. The van der Waals surface area contributed by atoms with Crippen molar-refractivity contribution in [2.45, 2.75) is 5.63 Å². The fourth-order valence-corrected chi connectivity index (χ4v) is 4.69. The molecule has 1 fully saturated rings. The lowest BCUT2D eigenvalue weighted by Gasteiger charge is -2.35. The van der Waals surface area contributed by atoms with Gasteiger partial charge in [-0.1, -0.05) is 29.3 Å². The van der Waals surface area contributed by atoms with E-state index in [2.05, 4.69) is 55.2 Å². The van der Waals surface area contributed by atoms with Crippen LogP contribution >= 0.6 is 23.2 Å². The van der Waals surface area contributed by atoms with Gasteiger partial charge >= 0.3 is 0 Å². The van der Waals surface area contributed by atoms with Gasteiger partial charge in [-0.3, -0.25) is 4.79 Å². The lowest BCUT2D eigenvalue weighted by Crippen LogP contribution is -2.44. The number of methoxy groups -OCH3 is 1. The Morgan fingerprint density at radius 2 is 1.95 bits per heavy atom. The number of alkyl halides is 2. The van der Waals surface area contributed by atoms with Crippen LogP contribution in [0.1, 0.15) is 0 Å². The maximum absolute atomic E-state index is 11.7. The first-order valence-electron chi connectivity index (χ1n) is 13.3. The van der Waals surface area contributed by atoms with E-state index < -0.39 is 11.5 Å². The lowest BCUT2D eigenvalue weighted by molar-refractivity contribution is -0.124. The van der Waals surface area contributed by atoms with Crippen LogP contribution < -0.4 is 25.6 Å². The highest BCUT2D eigenvalue weighted by atomic mass is 35.5. The molecule has 1 aliphatic rings. The van der Waals surface area contributed by atoms with E-state index in [-0.39, 0.29) is 6.54 Å². The van der Waals surface area contributed by atoms with Crippen LogP contribution in [-0.4, -0.2) is 96.2 Å². The van der Waals surface area contributed by atoms with Gasteiger partial charge in [0.2, 0.25) is 5.95 Å². The molecule has 15 heteroatoms. The van der Waals surface area contributed by atoms with Crippen molar-refractivity contribution in [2.75, 3.05) is 69.5 Å². The normalized spacial score (nSPS) is 14.0. The number of fused-ring (bicyclic) bond motifs is 1. The highest BCUT2D eigenvalue weighted by Crippen LogP contribution is 2.39. The van der Waals surface area contributed by atoms with E-state index in [0.29, 0.717) is 28.7 Å². The molecule has 228 valence electrons. The molecule has 0 saturated carbocycles. The molecule has 3 aromatic heterocycles. The minimum Gasteiger partial charge on any atom is -0.494 e. The van der Waals surface area contributed by atoms with E-state index in [9.17, 15) is 14.0 Å². The van der Waals surface area contributed by atoms with Gasteiger partial charge in [0.05, 0.1) is 59.3 Å². The average Bonchev–Trinajstić information content (AvgIpc) is 3.45. The third-order valence-corrected chi connectivity index (χ3v) is 7.14. The van der Waals surface area contributed by atoms with E-state index in [4.69, 9.17) is 21.3 Å². The fraction of sp³-hybridized carbons (Fsp3) is 0.321. The highest BCUT2D eigenvalue weighted by Gasteiger charge is 2.20. The van der Waals surface area contributed by atoms with Gasteiger partial charge in [0.15, 0.2) is 0 Å². The van der Waals surface area contributed by atoms with Crippen molar-refractivity contribution >= 4 is 63.9 Å². The number of nitrogens with zero attached hydrogens (tertiary/aromatic N) is 6. The summed E-state index contributed by atoms with van der Waals surface area (Å²) in [6.07, 6.45) is 5.69. The SMILES string of the molecule is CNc1cc(Nc2ncc(Cl)c(-c3cnn4ccccc34)n2)c(OC)cc1N1CCN(C)CC1.O=CCNC(=O)C(F)Cl. The van der Waals surface area contributed by atoms with Crippen LogP contribution in [0, 0.1) is 0 Å². The first-order valence-corrected chi connectivity index (χ1v) is 14.1. The van der Waals surface area contributed by atoms with Crippen LogP contribution in [0.25, 0.3) is 16.8 Å². The summed E-state index contributed by atoms with van der Waals surface area (Å²) in [6.45, 7) is 3.77. The Morgan fingerprint density at radius 3 is 2.63 bits per heavy atom. The molecule has 0 bridgehead atoms. The maximum Gasteiger partial charge on any atom is 0.270 e. The predicted octanol–water partition coefficient (Wildman–Crippen LogP) is 3.83. The molecule has 1 amide bonds. The predicted molar refractivity (Wildman–Crippen MR) is 167 cm³/mol. The van der Waals surface area contributed by atoms with Gasteiger partial charge in [-0.25, -0.2) is 18.9 Å². The second-order valence-electron chi connectivity index (χ2n) is 9.43. The molecule has 1 atom stereocenters. The van der Waals surface area contributed by atoms with Crippen LogP contribution in [0.5, 0.6) is 5.75 Å². The number of aldehydes is 1. The summed E-state index contributed by atoms with van der Waals surface area (Å²) in [5, 5.41) is 13.4. The zero-order valence-corrected chi connectivity index (χ0v) is 25.4. The molecule has 1 saturated heterocycles. The zero-order valence-electron chi connectivity index (χ0n) is 23.9. The molecule has 4 aromatic rings. The lowest BCUT2D eigenvalue weighted by atomic mass is 10.1. The minimum atomic E-state index is -2.06. The number of nitrogens with one attached hydrogen (secondary N) is 3. The van der Waals surface area contributed by atoms with E-state index in [1.165, 1.54) is 0 Å². The molecule has 0 spiro atoms. The minimum absolute atomic E-state index is 0.202. The number of piperazine rings is 1. The number of carbonyl (C=O) groups excluding carboxylic acids is 2. The number of halogens is 3. The number of hydrogen-bond acceptors (Lipinski definition) is 10. The third-order valence-electron chi connectivity index (χ3n) is 6.66. The van der Waals surface area contributed by atoms with Crippen molar-refractivity contribution in [3.05, 3.63) is 53.9 Å². The van der Waals surface area contributed by atoms with Gasteiger partial charge in [-0.05, 0) is 25.2 Å². The number of anilines is 4. The van der Waals surface area contributed by atoms with E-state index in [0.717, 1.165) is 54.3 Å². The summed E-state index contributed by atoms with van der Waals surface area (Å²) in [6, 6.07) is 9.95. The average molecular weight is 633 g/mol. The number of benzene rings is 1. The van der Waals surface area contributed by atoms with Crippen molar-refractivity contribution in [3.63, 3.8) is 0 Å². The second kappa shape index (κ2) is 14.8. The summed E-state index contributed by atoms with van der Waals surface area (Å²) in [5.74, 6) is 0.148. The summed E-state index contributed by atoms with van der Waals surface area (Å²) >= 11 is 11.2. The Balaban J connectivity index is 0.000000410. The van der Waals surface area contributed by atoms with Gasteiger partial charge in [0.25, 0.3) is 11.5 Å². The first-order chi connectivity index (χ1) is 20.7. The van der Waals surface area contributed by atoms with Crippen molar-refractivity contribution in [2.24, 2.45) is 0 Å². The number of ether oxygens (including phenoxy) is 1. The summed E-state index contributed by atoms with van der Waals surface area (Å²) in [4.78, 5) is 33.5.